The monoisotopic (exact) mass is 572 g/mol. The van der Waals surface area contributed by atoms with Gasteiger partial charge in [0.2, 0.25) is 22.6 Å². The number of carboxylic acid groups (broad SMARTS) is 1. The molecular formula is C17H24N12O5S3. The summed E-state index contributed by atoms with van der Waals surface area (Å²) in [4.78, 5) is 48.6. The van der Waals surface area contributed by atoms with Gasteiger partial charge in [-0.2, -0.15) is 9.36 Å². The molecule has 2 aromatic rings. The van der Waals surface area contributed by atoms with Crippen LogP contribution in [0.1, 0.15) is 5.82 Å². The quantitative estimate of drug-likeness (QED) is 0.0558. The average molecular weight is 573 g/mol. The predicted octanol–water partition coefficient (Wildman–Crippen LogP) is -2.99. The average Bonchev–Trinajstić information content (AvgIpc) is 3.52. The van der Waals surface area contributed by atoms with Gasteiger partial charge in [0.05, 0.1) is 6.54 Å². The number of carbonyl (C=O) groups is 3. The molecule has 0 aromatic carbocycles. The van der Waals surface area contributed by atoms with Crippen molar-refractivity contribution in [1.82, 2.24) is 39.8 Å². The number of amides is 2. The van der Waals surface area contributed by atoms with E-state index in [1.807, 2.05) is 0 Å². The number of anilines is 1. The van der Waals surface area contributed by atoms with Gasteiger partial charge in [0.15, 0.2) is 5.13 Å². The maximum absolute atomic E-state index is 12.9. The summed E-state index contributed by atoms with van der Waals surface area (Å²) in [5.41, 5.74) is 15.1. The van der Waals surface area contributed by atoms with E-state index in [2.05, 4.69) is 35.4 Å². The summed E-state index contributed by atoms with van der Waals surface area (Å²) in [6, 6.07) is -0.885. The van der Waals surface area contributed by atoms with Crippen molar-refractivity contribution < 1.29 is 24.3 Å². The number of hydrogen-bond acceptors (Lipinski definition) is 16. The molecule has 4 rings (SSSR count). The van der Waals surface area contributed by atoms with Crippen LogP contribution in [0.25, 0.3) is 0 Å². The Balaban J connectivity index is 1.42. The second-order valence-electron chi connectivity index (χ2n) is 7.98. The number of β-lactam (4-membered cyclic amide) rings is 1. The van der Waals surface area contributed by atoms with Crippen molar-refractivity contribution in [3.63, 3.8) is 0 Å². The number of nitrogens with one attached hydrogen (secondary N) is 1. The van der Waals surface area contributed by atoms with E-state index >= 15 is 0 Å². The Morgan fingerprint density at radius 2 is 2.16 bits per heavy atom. The normalized spacial score (nSPS) is 23.4. The summed E-state index contributed by atoms with van der Waals surface area (Å²) < 4.78 is 5.48. The van der Waals surface area contributed by atoms with Crippen molar-refractivity contribution in [2.75, 3.05) is 43.5 Å². The van der Waals surface area contributed by atoms with Crippen molar-refractivity contribution in [3.8, 4) is 0 Å². The molecule has 0 aliphatic carbocycles. The first-order valence-electron chi connectivity index (χ1n) is 10.8. The van der Waals surface area contributed by atoms with E-state index in [1.165, 1.54) is 33.1 Å². The summed E-state index contributed by atoms with van der Waals surface area (Å²) in [7, 11) is 0. The lowest BCUT2D eigenvalue weighted by Gasteiger charge is -2.53. The fraction of sp³-hybridized carbons (Fsp3) is 0.588. The molecule has 2 aromatic heterocycles. The molecular weight excluding hydrogens is 548 g/mol. The SMILES string of the molecule is NCCON=C(C(=O)NC1C(=O)N2CC(CSc3nnnn3CCN)(C(=O)O)CS[C@H]12)c1nsc(N)n1. The Bertz CT molecular complexity index is 1190. The molecule has 0 radical (unpaired) electrons. The smallest absolute Gasteiger partial charge is 0.313 e. The number of aromatic nitrogens is 6. The molecule has 2 aliphatic rings. The molecule has 4 heterocycles. The lowest BCUT2D eigenvalue weighted by molar-refractivity contribution is -0.157. The molecule has 2 saturated heterocycles. The second kappa shape index (κ2) is 11.5. The van der Waals surface area contributed by atoms with Crippen molar-refractivity contribution in [1.29, 1.82) is 0 Å². The van der Waals surface area contributed by atoms with Gasteiger partial charge in [-0.3, -0.25) is 14.4 Å². The largest absolute Gasteiger partial charge is 0.481 e. The lowest BCUT2D eigenvalue weighted by Crippen LogP contribution is -2.74. The van der Waals surface area contributed by atoms with Crippen molar-refractivity contribution in [2.45, 2.75) is 23.1 Å². The number of hydrogen-bond donors (Lipinski definition) is 5. The standard InChI is InChI=1S/C17H24N12O5S3/c18-1-3-29-16(23-26-27-29)36-7-17(14(32)33)5-28-12(31)9(13(28)35-6-17)21-11(30)8(24-34-4-2-19)10-22-15(20)37-25-10/h9,13H,1-7,18-19H2,(H,21,30)(H,32,33)(H2,20,22,25)/t9?,13-,17?/m1/s1. The molecule has 3 atom stereocenters. The van der Waals surface area contributed by atoms with Crippen LogP contribution in [0.4, 0.5) is 5.13 Å². The van der Waals surface area contributed by atoms with E-state index in [9.17, 15) is 19.5 Å². The van der Waals surface area contributed by atoms with Crippen LogP contribution in [-0.2, 0) is 25.8 Å². The number of thioether (sulfide) groups is 2. The first-order valence-corrected chi connectivity index (χ1v) is 13.7. The highest BCUT2D eigenvalue weighted by atomic mass is 32.2. The minimum absolute atomic E-state index is 0.0264. The summed E-state index contributed by atoms with van der Waals surface area (Å²) in [5.74, 6) is -1.88. The summed E-state index contributed by atoms with van der Waals surface area (Å²) in [5, 5.41) is 27.9. The molecule has 2 amide bonds. The number of nitrogen functional groups attached to an aromatic ring is 1. The molecule has 0 spiro atoms. The summed E-state index contributed by atoms with van der Waals surface area (Å²) in [6.07, 6.45) is 0. The van der Waals surface area contributed by atoms with Crippen LogP contribution in [0, 0.1) is 5.41 Å². The number of aliphatic carboxylic acids is 1. The van der Waals surface area contributed by atoms with Crippen LogP contribution >= 0.6 is 35.1 Å². The van der Waals surface area contributed by atoms with Gasteiger partial charge in [-0.25, -0.2) is 4.68 Å². The van der Waals surface area contributed by atoms with Gasteiger partial charge in [-0.15, -0.1) is 16.9 Å². The molecule has 0 saturated carbocycles. The van der Waals surface area contributed by atoms with Crippen LogP contribution in [-0.4, -0.2) is 112 Å². The van der Waals surface area contributed by atoms with Gasteiger partial charge in [0.1, 0.15) is 23.4 Å². The molecule has 8 N–H and O–H groups in total. The van der Waals surface area contributed by atoms with E-state index in [-0.39, 0.29) is 47.9 Å². The first kappa shape index (κ1) is 27.0. The van der Waals surface area contributed by atoms with Gasteiger partial charge in [-0.1, -0.05) is 16.9 Å². The number of carbonyl (C=O) groups excluding carboxylic acids is 2. The molecule has 17 nitrogen and oxygen atoms in total. The summed E-state index contributed by atoms with van der Waals surface area (Å²) >= 11 is 3.33. The van der Waals surface area contributed by atoms with Gasteiger partial charge in [0.25, 0.3) is 5.91 Å². The maximum atomic E-state index is 12.9. The number of fused-ring (bicyclic) bond motifs is 1. The zero-order valence-corrected chi connectivity index (χ0v) is 21.7. The van der Waals surface area contributed by atoms with Crippen molar-refractivity contribution in [2.24, 2.45) is 22.0 Å². The number of tetrazole rings is 1. The molecule has 200 valence electrons. The Morgan fingerprint density at radius 3 is 2.84 bits per heavy atom. The Hall–Kier alpha value is -3.07. The molecule has 2 fully saturated rings. The van der Waals surface area contributed by atoms with Crippen LogP contribution in [0.2, 0.25) is 0 Å². The van der Waals surface area contributed by atoms with Crippen LogP contribution in [0.15, 0.2) is 10.3 Å². The number of oxime groups is 1. The number of rotatable bonds is 12. The predicted molar refractivity (Wildman–Crippen MR) is 133 cm³/mol. The highest BCUT2D eigenvalue weighted by molar-refractivity contribution is 8.00. The minimum Gasteiger partial charge on any atom is -0.481 e. The molecule has 20 heteroatoms. The third kappa shape index (κ3) is 5.61. The Labute approximate surface area is 222 Å². The fourth-order valence-electron chi connectivity index (χ4n) is 3.56. The zero-order chi connectivity index (χ0) is 26.6. The van der Waals surface area contributed by atoms with E-state index in [1.54, 1.807) is 0 Å². The van der Waals surface area contributed by atoms with Gasteiger partial charge in [0, 0.05) is 42.7 Å². The van der Waals surface area contributed by atoms with E-state index in [0.29, 0.717) is 18.2 Å². The fourth-order valence-corrected chi connectivity index (χ4v) is 6.76. The lowest BCUT2D eigenvalue weighted by atomic mass is 9.89. The number of carboxylic acids is 1. The van der Waals surface area contributed by atoms with Gasteiger partial charge >= 0.3 is 5.97 Å². The second-order valence-corrected chi connectivity index (χ2v) is 10.8. The molecule has 2 unspecified atom stereocenters. The molecule has 2 aliphatic heterocycles. The van der Waals surface area contributed by atoms with Gasteiger partial charge < -0.3 is 37.4 Å². The summed E-state index contributed by atoms with van der Waals surface area (Å²) in [6.45, 7) is 0.919. The van der Waals surface area contributed by atoms with Gasteiger partial charge in [-0.05, 0) is 10.4 Å². The Kier molecular flexibility index (Phi) is 8.42. The van der Waals surface area contributed by atoms with Crippen LogP contribution < -0.4 is 22.5 Å². The highest BCUT2D eigenvalue weighted by Gasteiger charge is 2.57. The minimum atomic E-state index is -1.24. The maximum Gasteiger partial charge on any atom is 0.313 e. The first-order chi connectivity index (χ1) is 17.8. The van der Waals surface area contributed by atoms with Crippen LogP contribution in [0.3, 0.4) is 0 Å². The van der Waals surface area contributed by atoms with Crippen LogP contribution in [0.5, 0.6) is 0 Å². The Morgan fingerprint density at radius 1 is 1.35 bits per heavy atom. The van der Waals surface area contributed by atoms with E-state index in [4.69, 9.17) is 22.0 Å². The third-order valence-electron chi connectivity index (χ3n) is 5.44. The highest BCUT2D eigenvalue weighted by Crippen LogP contribution is 2.44. The number of nitrogens with two attached hydrogens (primary N) is 3. The molecule has 0 bridgehead atoms. The zero-order valence-electron chi connectivity index (χ0n) is 19.2. The van der Waals surface area contributed by atoms with E-state index in [0.717, 1.165) is 11.5 Å². The van der Waals surface area contributed by atoms with Crippen molar-refractivity contribution >= 4 is 63.7 Å². The molecule has 37 heavy (non-hydrogen) atoms. The van der Waals surface area contributed by atoms with Crippen molar-refractivity contribution in [3.05, 3.63) is 5.82 Å². The topological polar surface area (TPSA) is 256 Å². The van der Waals surface area contributed by atoms with E-state index < -0.39 is 34.6 Å². The number of nitrogens with zero attached hydrogens (tertiary/aromatic N) is 8. The third-order valence-corrected chi connectivity index (χ3v) is 8.81.